The van der Waals surface area contributed by atoms with Crippen molar-refractivity contribution in [3.8, 4) is 17.2 Å². The van der Waals surface area contributed by atoms with Gasteiger partial charge in [0, 0.05) is 12.6 Å². The largest absolute Gasteiger partial charge is 0.494 e. The van der Waals surface area contributed by atoms with Crippen molar-refractivity contribution in [3.63, 3.8) is 0 Å². The number of ether oxygens (including phenoxy) is 3. The van der Waals surface area contributed by atoms with Gasteiger partial charge in [-0.1, -0.05) is 12.1 Å². The maximum Gasteiger partial charge on any atom is 0.165 e. The highest BCUT2D eigenvalue weighted by Crippen LogP contribution is 2.32. The summed E-state index contributed by atoms with van der Waals surface area (Å²) in [5.41, 5.74) is 1.97. The standard InChI is InChI=1S/C18H20FNO3/c1-12(14-4-6-17-18(10-14)23-8-7-22-17)20-11-13-3-5-16(21-2)15(19)9-13/h3-6,9-10,12,20H,7-8,11H2,1-2H3/t12-/m0/s1. The zero-order valence-corrected chi connectivity index (χ0v) is 13.3. The predicted molar refractivity (Wildman–Crippen MR) is 85.6 cm³/mol. The smallest absolute Gasteiger partial charge is 0.165 e. The first-order valence-electron chi connectivity index (χ1n) is 7.62. The molecule has 1 N–H and O–H groups in total. The van der Waals surface area contributed by atoms with Gasteiger partial charge in [-0.2, -0.15) is 0 Å². The molecule has 0 aromatic heterocycles. The summed E-state index contributed by atoms with van der Waals surface area (Å²) in [6, 6.07) is 11.0. The van der Waals surface area contributed by atoms with Gasteiger partial charge in [0.1, 0.15) is 13.2 Å². The van der Waals surface area contributed by atoms with Crippen LogP contribution >= 0.6 is 0 Å². The van der Waals surface area contributed by atoms with Crippen LogP contribution in [0.2, 0.25) is 0 Å². The Morgan fingerprint density at radius 1 is 1.13 bits per heavy atom. The van der Waals surface area contributed by atoms with Crippen LogP contribution in [0.1, 0.15) is 24.1 Å². The number of methoxy groups -OCH3 is 1. The molecule has 0 radical (unpaired) electrons. The fraction of sp³-hybridized carbons (Fsp3) is 0.333. The summed E-state index contributed by atoms with van der Waals surface area (Å²) in [5, 5.41) is 3.38. The third-order valence-electron chi connectivity index (χ3n) is 3.89. The normalized spacial score (nSPS) is 14.4. The lowest BCUT2D eigenvalue weighted by Crippen LogP contribution is -2.19. The van der Waals surface area contributed by atoms with Gasteiger partial charge in [-0.05, 0) is 42.3 Å². The lowest BCUT2D eigenvalue weighted by atomic mass is 10.1. The summed E-state index contributed by atoms with van der Waals surface area (Å²) in [4.78, 5) is 0. The highest BCUT2D eigenvalue weighted by atomic mass is 19.1. The van der Waals surface area contributed by atoms with E-state index in [1.54, 1.807) is 6.07 Å². The van der Waals surface area contributed by atoms with E-state index >= 15 is 0 Å². The molecule has 0 spiro atoms. The molecule has 122 valence electrons. The molecule has 23 heavy (non-hydrogen) atoms. The van der Waals surface area contributed by atoms with Crippen molar-refractivity contribution in [1.29, 1.82) is 0 Å². The number of hydrogen-bond donors (Lipinski definition) is 1. The first-order chi connectivity index (χ1) is 11.2. The van der Waals surface area contributed by atoms with E-state index in [0.717, 1.165) is 22.6 Å². The summed E-state index contributed by atoms with van der Waals surface area (Å²) in [7, 11) is 1.46. The van der Waals surface area contributed by atoms with Crippen molar-refractivity contribution in [1.82, 2.24) is 5.32 Å². The summed E-state index contributed by atoms with van der Waals surface area (Å²) in [5.74, 6) is 1.47. The molecule has 0 aliphatic carbocycles. The van der Waals surface area contributed by atoms with Crippen LogP contribution in [0.5, 0.6) is 17.2 Å². The van der Waals surface area contributed by atoms with Gasteiger partial charge in [0.25, 0.3) is 0 Å². The maximum atomic E-state index is 13.7. The van der Waals surface area contributed by atoms with E-state index in [1.165, 1.54) is 13.2 Å². The molecule has 0 fully saturated rings. The number of nitrogens with one attached hydrogen (secondary N) is 1. The molecule has 5 heteroatoms. The van der Waals surface area contributed by atoms with Crippen LogP contribution in [0, 0.1) is 5.82 Å². The van der Waals surface area contributed by atoms with Crippen molar-refractivity contribution in [2.45, 2.75) is 19.5 Å². The van der Waals surface area contributed by atoms with E-state index in [2.05, 4.69) is 12.2 Å². The van der Waals surface area contributed by atoms with Crippen molar-refractivity contribution in [2.24, 2.45) is 0 Å². The van der Waals surface area contributed by atoms with Crippen LogP contribution in [0.15, 0.2) is 36.4 Å². The van der Waals surface area contributed by atoms with E-state index in [4.69, 9.17) is 14.2 Å². The Hall–Kier alpha value is -2.27. The number of rotatable bonds is 5. The van der Waals surface area contributed by atoms with E-state index < -0.39 is 0 Å². The maximum absolute atomic E-state index is 13.7. The Balaban J connectivity index is 1.65. The second-order valence-electron chi connectivity index (χ2n) is 5.47. The zero-order valence-electron chi connectivity index (χ0n) is 13.3. The van der Waals surface area contributed by atoms with Crippen LogP contribution < -0.4 is 19.5 Å². The molecule has 0 unspecified atom stereocenters. The average molecular weight is 317 g/mol. The van der Waals surface area contributed by atoms with Gasteiger partial charge < -0.3 is 19.5 Å². The molecule has 4 nitrogen and oxygen atoms in total. The Kier molecular flexibility index (Phi) is 4.67. The van der Waals surface area contributed by atoms with Crippen LogP contribution in [-0.2, 0) is 6.54 Å². The molecule has 0 amide bonds. The third-order valence-corrected chi connectivity index (χ3v) is 3.89. The highest BCUT2D eigenvalue weighted by molar-refractivity contribution is 5.44. The van der Waals surface area contributed by atoms with Crippen LogP contribution in [0.3, 0.4) is 0 Å². The minimum absolute atomic E-state index is 0.107. The first-order valence-corrected chi connectivity index (χ1v) is 7.62. The number of fused-ring (bicyclic) bond motifs is 1. The van der Waals surface area contributed by atoms with E-state index in [-0.39, 0.29) is 17.6 Å². The third kappa shape index (κ3) is 3.56. The Bertz CT molecular complexity index is 690. The van der Waals surface area contributed by atoms with Gasteiger partial charge >= 0.3 is 0 Å². The number of halogens is 1. The quantitative estimate of drug-likeness (QED) is 0.917. The molecule has 0 saturated carbocycles. The topological polar surface area (TPSA) is 39.7 Å². The molecular weight excluding hydrogens is 297 g/mol. The van der Waals surface area contributed by atoms with Crippen molar-refractivity contribution < 1.29 is 18.6 Å². The summed E-state index contributed by atoms with van der Waals surface area (Å²) >= 11 is 0. The van der Waals surface area contributed by atoms with Gasteiger partial charge in [-0.3, -0.25) is 0 Å². The van der Waals surface area contributed by atoms with Crippen LogP contribution in [0.4, 0.5) is 4.39 Å². The summed E-state index contributed by atoms with van der Waals surface area (Å²) in [6.45, 7) is 3.79. The first kappa shape index (κ1) is 15.6. The van der Waals surface area contributed by atoms with E-state index in [0.29, 0.717) is 19.8 Å². The Morgan fingerprint density at radius 2 is 1.91 bits per heavy atom. The van der Waals surface area contributed by atoms with Gasteiger partial charge in [-0.25, -0.2) is 4.39 Å². The SMILES string of the molecule is COc1ccc(CN[C@@H](C)c2ccc3c(c2)OCCO3)cc1F. The van der Waals surface area contributed by atoms with Gasteiger partial charge in [0.15, 0.2) is 23.1 Å². The van der Waals surface area contributed by atoms with E-state index in [9.17, 15) is 4.39 Å². The Labute approximate surface area is 135 Å². The monoisotopic (exact) mass is 317 g/mol. The summed E-state index contributed by atoms with van der Waals surface area (Å²) < 4.78 is 29.8. The molecule has 1 atom stereocenters. The second kappa shape index (κ2) is 6.87. The van der Waals surface area contributed by atoms with Crippen LogP contribution in [0.25, 0.3) is 0 Å². The number of benzene rings is 2. The molecular formula is C18H20FNO3. The molecule has 2 aromatic rings. The molecule has 1 aliphatic rings. The predicted octanol–water partition coefficient (Wildman–Crippen LogP) is 3.46. The molecule has 1 heterocycles. The van der Waals surface area contributed by atoms with Crippen molar-refractivity contribution in [2.75, 3.05) is 20.3 Å². The fourth-order valence-electron chi connectivity index (χ4n) is 2.54. The highest BCUT2D eigenvalue weighted by Gasteiger charge is 2.14. The summed E-state index contributed by atoms with van der Waals surface area (Å²) in [6.07, 6.45) is 0. The molecule has 0 saturated heterocycles. The zero-order chi connectivity index (χ0) is 16.2. The fourth-order valence-corrected chi connectivity index (χ4v) is 2.54. The second-order valence-corrected chi connectivity index (χ2v) is 5.47. The van der Waals surface area contributed by atoms with Gasteiger partial charge in [0.05, 0.1) is 7.11 Å². The van der Waals surface area contributed by atoms with E-state index in [1.807, 2.05) is 24.3 Å². The lowest BCUT2D eigenvalue weighted by molar-refractivity contribution is 0.171. The minimum atomic E-state index is -0.348. The molecule has 3 rings (SSSR count). The average Bonchev–Trinajstić information content (AvgIpc) is 2.59. The molecule has 0 bridgehead atoms. The number of hydrogen-bond acceptors (Lipinski definition) is 4. The molecule has 1 aliphatic heterocycles. The van der Waals surface area contributed by atoms with Crippen molar-refractivity contribution >= 4 is 0 Å². The van der Waals surface area contributed by atoms with Gasteiger partial charge in [0.2, 0.25) is 0 Å². The minimum Gasteiger partial charge on any atom is -0.494 e. The van der Waals surface area contributed by atoms with Gasteiger partial charge in [-0.15, -0.1) is 0 Å². The molecule has 2 aromatic carbocycles. The Morgan fingerprint density at radius 3 is 2.65 bits per heavy atom. The lowest BCUT2D eigenvalue weighted by Gasteiger charge is -2.21. The van der Waals surface area contributed by atoms with Crippen molar-refractivity contribution in [3.05, 3.63) is 53.3 Å². The van der Waals surface area contributed by atoms with Crippen LogP contribution in [-0.4, -0.2) is 20.3 Å².